The molecule has 0 aliphatic rings. The standard InChI is InChI=1S/C13H11FN2O2.ClH/c1-7-11(8-2-4-9(14)5-3-8)12(17)10(6-16-7)13(15)18;/h2-6H,1H3,(H2,15,18)(H,16,17);1H. The SMILES string of the molecule is Cc1[nH]cc(C(N)=O)c(=O)c1-c1ccc(F)cc1.Cl. The summed E-state index contributed by atoms with van der Waals surface area (Å²) in [6.07, 6.45) is 1.28. The van der Waals surface area contributed by atoms with Crippen LogP contribution in [0.3, 0.4) is 0 Å². The number of hydrogen-bond donors (Lipinski definition) is 2. The molecular weight excluding hydrogens is 271 g/mol. The maximum atomic E-state index is 12.9. The first kappa shape index (κ1) is 14.9. The Labute approximate surface area is 114 Å². The van der Waals surface area contributed by atoms with Crippen molar-refractivity contribution in [2.45, 2.75) is 6.92 Å². The van der Waals surface area contributed by atoms with Crippen molar-refractivity contribution in [1.82, 2.24) is 4.98 Å². The van der Waals surface area contributed by atoms with E-state index in [0.29, 0.717) is 16.8 Å². The van der Waals surface area contributed by atoms with Gasteiger partial charge in [0.15, 0.2) is 0 Å². The fourth-order valence-electron chi connectivity index (χ4n) is 1.77. The Hall–Kier alpha value is -2.14. The summed E-state index contributed by atoms with van der Waals surface area (Å²) in [7, 11) is 0. The summed E-state index contributed by atoms with van der Waals surface area (Å²) in [6, 6.07) is 5.48. The molecule has 0 saturated carbocycles. The minimum Gasteiger partial charge on any atom is -0.365 e. The van der Waals surface area contributed by atoms with Gasteiger partial charge in [-0.2, -0.15) is 0 Å². The molecule has 0 aliphatic carbocycles. The average Bonchev–Trinajstić information content (AvgIpc) is 2.31. The third-order valence-corrected chi connectivity index (χ3v) is 2.68. The lowest BCUT2D eigenvalue weighted by atomic mass is 10.0. The van der Waals surface area contributed by atoms with E-state index in [2.05, 4.69) is 4.98 Å². The van der Waals surface area contributed by atoms with Crippen LogP contribution in [-0.2, 0) is 0 Å². The Morgan fingerprint density at radius 3 is 2.37 bits per heavy atom. The highest BCUT2D eigenvalue weighted by Gasteiger charge is 2.14. The first-order valence-corrected chi connectivity index (χ1v) is 5.28. The molecule has 1 aromatic carbocycles. The minimum atomic E-state index is -0.792. The number of pyridine rings is 1. The number of H-pyrrole nitrogens is 1. The predicted molar refractivity (Wildman–Crippen MR) is 73.0 cm³/mol. The Morgan fingerprint density at radius 2 is 1.84 bits per heavy atom. The van der Waals surface area contributed by atoms with E-state index < -0.39 is 11.3 Å². The lowest BCUT2D eigenvalue weighted by molar-refractivity contribution is 0.0999. The second-order valence-corrected chi connectivity index (χ2v) is 3.90. The van der Waals surface area contributed by atoms with E-state index in [-0.39, 0.29) is 23.8 Å². The number of primary amides is 1. The number of aryl methyl sites for hydroxylation is 1. The molecule has 1 amide bonds. The Bertz CT molecular complexity index is 665. The molecule has 0 atom stereocenters. The molecule has 1 aromatic heterocycles. The van der Waals surface area contributed by atoms with E-state index >= 15 is 0 Å². The number of rotatable bonds is 2. The van der Waals surface area contributed by atoms with Gasteiger partial charge in [0.25, 0.3) is 5.91 Å². The third kappa shape index (κ3) is 2.82. The fourth-order valence-corrected chi connectivity index (χ4v) is 1.77. The van der Waals surface area contributed by atoms with Crippen LogP contribution in [0.15, 0.2) is 35.3 Å². The molecule has 0 spiro atoms. The fraction of sp³-hybridized carbons (Fsp3) is 0.0769. The number of hydrogen-bond acceptors (Lipinski definition) is 2. The minimum absolute atomic E-state index is 0. The van der Waals surface area contributed by atoms with Crippen LogP contribution in [0.5, 0.6) is 0 Å². The van der Waals surface area contributed by atoms with Crippen LogP contribution in [-0.4, -0.2) is 10.9 Å². The van der Waals surface area contributed by atoms with Gasteiger partial charge in [-0.25, -0.2) is 4.39 Å². The summed E-state index contributed by atoms with van der Waals surface area (Å²) >= 11 is 0. The smallest absolute Gasteiger partial charge is 0.254 e. The van der Waals surface area contributed by atoms with Crippen LogP contribution in [0.25, 0.3) is 11.1 Å². The molecule has 6 heteroatoms. The van der Waals surface area contributed by atoms with Gasteiger partial charge in [0, 0.05) is 17.5 Å². The molecule has 0 aliphatic heterocycles. The molecule has 19 heavy (non-hydrogen) atoms. The Balaban J connectivity index is 0.00000180. The lowest BCUT2D eigenvalue weighted by Crippen LogP contribution is -2.23. The number of aromatic nitrogens is 1. The van der Waals surface area contributed by atoms with E-state index in [4.69, 9.17) is 5.73 Å². The van der Waals surface area contributed by atoms with Gasteiger partial charge in [-0.15, -0.1) is 12.4 Å². The zero-order chi connectivity index (χ0) is 13.3. The van der Waals surface area contributed by atoms with Crippen molar-refractivity contribution in [3.05, 3.63) is 57.8 Å². The summed E-state index contributed by atoms with van der Waals surface area (Å²) < 4.78 is 12.9. The monoisotopic (exact) mass is 282 g/mol. The highest BCUT2D eigenvalue weighted by molar-refractivity contribution is 5.93. The molecule has 0 saturated heterocycles. The first-order chi connectivity index (χ1) is 8.50. The van der Waals surface area contributed by atoms with E-state index in [9.17, 15) is 14.0 Å². The lowest BCUT2D eigenvalue weighted by Gasteiger charge is -2.06. The molecule has 0 fully saturated rings. The van der Waals surface area contributed by atoms with Crippen molar-refractivity contribution in [3.8, 4) is 11.1 Å². The van der Waals surface area contributed by atoms with Gasteiger partial charge in [-0.3, -0.25) is 9.59 Å². The van der Waals surface area contributed by atoms with Gasteiger partial charge >= 0.3 is 0 Å². The normalized spacial score (nSPS) is 9.79. The van der Waals surface area contributed by atoms with Crippen LogP contribution in [0.1, 0.15) is 16.1 Å². The highest BCUT2D eigenvalue weighted by atomic mass is 35.5. The van der Waals surface area contributed by atoms with E-state index in [1.165, 1.54) is 30.5 Å². The van der Waals surface area contributed by atoms with E-state index in [1.54, 1.807) is 6.92 Å². The first-order valence-electron chi connectivity index (χ1n) is 5.28. The predicted octanol–water partition coefficient (Wildman–Crippen LogP) is 2.01. The van der Waals surface area contributed by atoms with Crippen molar-refractivity contribution >= 4 is 18.3 Å². The largest absolute Gasteiger partial charge is 0.365 e. The second-order valence-electron chi connectivity index (χ2n) is 3.90. The van der Waals surface area contributed by atoms with Crippen molar-refractivity contribution in [1.29, 1.82) is 0 Å². The number of carbonyl (C=O) groups excluding carboxylic acids is 1. The summed E-state index contributed by atoms with van der Waals surface area (Å²) in [4.78, 5) is 26.0. The molecule has 0 unspecified atom stereocenters. The molecule has 1 heterocycles. The van der Waals surface area contributed by atoms with Crippen molar-refractivity contribution in [3.63, 3.8) is 0 Å². The highest BCUT2D eigenvalue weighted by Crippen LogP contribution is 2.19. The molecule has 3 N–H and O–H groups in total. The second kappa shape index (κ2) is 5.67. The number of nitrogens with two attached hydrogens (primary N) is 1. The van der Waals surface area contributed by atoms with Gasteiger partial charge < -0.3 is 10.7 Å². The van der Waals surface area contributed by atoms with Crippen LogP contribution in [0.2, 0.25) is 0 Å². The number of halogens is 2. The number of amides is 1. The van der Waals surface area contributed by atoms with Gasteiger partial charge in [-0.1, -0.05) is 12.1 Å². The summed E-state index contributed by atoms with van der Waals surface area (Å²) in [5.41, 5.74) is 6.01. The van der Waals surface area contributed by atoms with Gasteiger partial charge in [0.05, 0.1) is 0 Å². The zero-order valence-corrected chi connectivity index (χ0v) is 10.9. The summed E-state index contributed by atoms with van der Waals surface area (Å²) in [5.74, 6) is -1.18. The molecule has 4 nitrogen and oxygen atoms in total. The van der Waals surface area contributed by atoms with Crippen LogP contribution in [0, 0.1) is 12.7 Å². The van der Waals surface area contributed by atoms with Crippen molar-refractivity contribution < 1.29 is 9.18 Å². The molecule has 2 aromatic rings. The molecule has 100 valence electrons. The Kier molecular flexibility index (Phi) is 4.45. The summed E-state index contributed by atoms with van der Waals surface area (Å²) in [5, 5.41) is 0. The molecular formula is C13H12ClFN2O2. The van der Waals surface area contributed by atoms with E-state index in [1.807, 2.05) is 0 Å². The number of nitrogens with one attached hydrogen (secondary N) is 1. The average molecular weight is 283 g/mol. The van der Waals surface area contributed by atoms with Crippen molar-refractivity contribution in [2.24, 2.45) is 5.73 Å². The maximum Gasteiger partial charge on any atom is 0.254 e. The van der Waals surface area contributed by atoms with Crippen LogP contribution < -0.4 is 11.2 Å². The van der Waals surface area contributed by atoms with Gasteiger partial charge in [0.1, 0.15) is 11.4 Å². The topological polar surface area (TPSA) is 76.0 Å². The Morgan fingerprint density at radius 1 is 1.26 bits per heavy atom. The number of carbonyl (C=O) groups is 1. The third-order valence-electron chi connectivity index (χ3n) is 2.68. The summed E-state index contributed by atoms with van der Waals surface area (Å²) in [6.45, 7) is 1.70. The number of benzene rings is 1. The van der Waals surface area contributed by atoms with Crippen molar-refractivity contribution in [2.75, 3.05) is 0 Å². The van der Waals surface area contributed by atoms with E-state index in [0.717, 1.165) is 0 Å². The molecule has 0 bridgehead atoms. The van der Waals surface area contributed by atoms with Crippen LogP contribution >= 0.6 is 12.4 Å². The van der Waals surface area contributed by atoms with Gasteiger partial charge in [-0.05, 0) is 24.6 Å². The molecule has 0 radical (unpaired) electrons. The quantitative estimate of drug-likeness (QED) is 0.884. The van der Waals surface area contributed by atoms with Gasteiger partial charge in [0.2, 0.25) is 5.43 Å². The zero-order valence-electron chi connectivity index (χ0n) is 10.1. The number of aromatic amines is 1. The molecule has 2 rings (SSSR count). The van der Waals surface area contributed by atoms with Crippen LogP contribution in [0.4, 0.5) is 4.39 Å². The maximum absolute atomic E-state index is 12.9.